The average Bonchev–Trinajstić information content (AvgIpc) is 2.87. The molecular formula is C16H22N4O. The summed E-state index contributed by atoms with van der Waals surface area (Å²) < 4.78 is 7.75. The van der Waals surface area contributed by atoms with E-state index in [4.69, 9.17) is 10.5 Å². The Morgan fingerprint density at radius 3 is 2.95 bits per heavy atom. The van der Waals surface area contributed by atoms with Crippen LogP contribution >= 0.6 is 0 Å². The van der Waals surface area contributed by atoms with Gasteiger partial charge in [0.1, 0.15) is 5.75 Å². The number of aromatic nitrogens is 3. The van der Waals surface area contributed by atoms with Crippen LogP contribution in [0, 0.1) is 5.92 Å². The number of nitrogens with two attached hydrogens (primary N) is 1. The second-order valence-electron chi connectivity index (χ2n) is 5.82. The molecule has 1 aliphatic carbocycles. The van der Waals surface area contributed by atoms with Crippen LogP contribution in [-0.2, 0) is 19.4 Å². The van der Waals surface area contributed by atoms with Gasteiger partial charge in [-0.2, -0.15) is 0 Å². The van der Waals surface area contributed by atoms with Crippen LogP contribution in [-0.4, -0.2) is 21.6 Å². The molecule has 5 heteroatoms. The molecule has 2 aromatic rings. The number of rotatable bonds is 5. The van der Waals surface area contributed by atoms with Crippen molar-refractivity contribution in [1.29, 1.82) is 0 Å². The third kappa shape index (κ3) is 3.35. The average molecular weight is 286 g/mol. The molecule has 5 nitrogen and oxygen atoms in total. The highest BCUT2D eigenvalue weighted by Gasteiger charge is 2.20. The summed E-state index contributed by atoms with van der Waals surface area (Å²) in [5.41, 5.74) is 8.91. The quantitative estimate of drug-likeness (QED) is 0.677. The number of aryl methyl sites for hydroxylation is 1. The zero-order chi connectivity index (χ0) is 14.7. The third-order valence-electron chi connectivity index (χ3n) is 4.00. The van der Waals surface area contributed by atoms with Crippen LogP contribution in [0.5, 0.6) is 5.75 Å². The van der Waals surface area contributed by atoms with E-state index in [9.17, 15) is 0 Å². The molecule has 1 heterocycles. The van der Waals surface area contributed by atoms with E-state index < -0.39 is 0 Å². The van der Waals surface area contributed by atoms with Crippen molar-refractivity contribution in [3.8, 4) is 5.75 Å². The van der Waals surface area contributed by atoms with Gasteiger partial charge in [0.2, 0.25) is 0 Å². The molecule has 1 aromatic carbocycles. The molecular weight excluding hydrogens is 264 g/mol. The lowest BCUT2D eigenvalue weighted by atomic mass is 9.91. The summed E-state index contributed by atoms with van der Waals surface area (Å²) in [7, 11) is 0. The van der Waals surface area contributed by atoms with Crippen molar-refractivity contribution in [2.75, 3.05) is 12.3 Å². The number of ether oxygens (including phenoxy) is 1. The highest BCUT2D eigenvalue weighted by atomic mass is 16.5. The lowest BCUT2D eigenvalue weighted by molar-refractivity contribution is 0.296. The number of hydrogen-bond donors (Lipinski definition) is 1. The lowest BCUT2D eigenvalue weighted by Gasteiger charge is -2.17. The van der Waals surface area contributed by atoms with E-state index in [1.807, 2.05) is 28.9 Å². The van der Waals surface area contributed by atoms with Crippen molar-refractivity contribution in [2.24, 2.45) is 5.92 Å². The van der Waals surface area contributed by atoms with Gasteiger partial charge in [-0.1, -0.05) is 12.1 Å². The number of nitrogens with zero attached hydrogens (tertiary/aromatic N) is 3. The van der Waals surface area contributed by atoms with E-state index in [2.05, 4.69) is 17.2 Å². The van der Waals surface area contributed by atoms with Crippen molar-refractivity contribution in [1.82, 2.24) is 15.0 Å². The summed E-state index contributed by atoms with van der Waals surface area (Å²) in [6.07, 6.45) is 4.33. The number of benzene rings is 1. The number of anilines is 1. The fourth-order valence-electron chi connectivity index (χ4n) is 2.76. The van der Waals surface area contributed by atoms with Crippen LogP contribution in [0.2, 0.25) is 0 Å². The number of hydrogen-bond acceptors (Lipinski definition) is 4. The fraction of sp³-hybridized carbons (Fsp3) is 0.500. The van der Waals surface area contributed by atoms with Gasteiger partial charge in [-0.3, -0.25) is 0 Å². The second-order valence-corrected chi connectivity index (χ2v) is 5.82. The zero-order valence-electron chi connectivity index (χ0n) is 12.5. The zero-order valence-corrected chi connectivity index (χ0v) is 12.5. The Morgan fingerprint density at radius 2 is 2.14 bits per heavy atom. The Morgan fingerprint density at radius 1 is 1.33 bits per heavy atom. The molecule has 0 radical (unpaired) electrons. The minimum Gasteiger partial charge on any atom is -0.494 e. The third-order valence-corrected chi connectivity index (χ3v) is 4.00. The normalized spacial score (nSPS) is 17.5. The molecule has 2 N–H and O–H groups in total. The Bertz CT molecular complexity index is 591. The van der Waals surface area contributed by atoms with Gasteiger partial charge in [-0.25, -0.2) is 4.68 Å². The number of fused-ring (bicyclic) bond motifs is 1. The Hall–Kier alpha value is -2.04. The maximum Gasteiger partial charge on any atom is 0.119 e. The largest absolute Gasteiger partial charge is 0.494 e. The van der Waals surface area contributed by atoms with Gasteiger partial charge in [0.25, 0.3) is 0 Å². The molecule has 0 aliphatic heterocycles. The SMILES string of the molecule is CC1CCc2c(nnn2CCCOc2ccc(N)cc2)C1. The molecule has 0 fully saturated rings. The van der Waals surface area contributed by atoms with Crippen molar-refractivity contribution < 1.29 is 4.74 Å². The highest BCUT2D eigenvalue weighted by Crippen LogP contribution is 2.23. The van der Waals surface area contributed by atoms with E-state index >= 15 is 0 Å². The highest BCUT2D eigenvalue weighted by molar-refractivity contribution is 5.41. The fourth-order valence-corrected chi connectivity index (χ4v) is 2.76. The monoisotopic (exact) mass is 286 g/mol. The first-order valence-corrected chi connectivity index (χ1v) is 7.62. The first kappa shape index (κ1) is 13.9. The summed E-state index contributed by atoms with van der Waals surface area (Å²) in [4.78, 5) is 0. The predicted octanol–water partition coefficient (Wildman–Crippen LogP) is 2.45. The molecule has 1 unspecified atom stereocenters. The summed E-state index contributed by atoms with van der Waals surface area (Å²) in [6, 6.07) is 7.50. The standard InChI is InChI=1S/C16H22N4O/c1-12-3-8-16-15(11-12)18-19-20(16)9-2-10-21-14-6-4-13(17)5-7-14/h4-7,12H,2-3,8-11,17H2,1H3. The maximum absolute atomic E-state index is 5.70. The van der Waals surface area contributed by atoms with Gasteiger partial charge in [-0.05, 0) is 49.4 Å². The molecule has 3 rings (SSSR count). The van der Waals surface area contributed by atoms with Crippen molar-refractivity contribution >= 4 is 5.69 Å². The Balaban J connectivity index is 1.49. The Labute approximate surface area is 125 Å². The van der Waals surface area contributed by atoms with Crippen LogP contribution in [0.25, 0.3) is 0 Å². The van der Waals surface area contributed by atoms with Gasteiger partial charge in [0, 0.05) is 18.7 Å². The minimum atomic E-state index is 0.676. The van der Waals surface area contributed by atoms with E-state index in [-0.39, 0.29) is 0 Å². The summed E-state index contributed by atoms with van der Waals surface area (Å²) in [6.45, 7) is 3.82. The van der Waals surface area contributed by atoms with E-state index in [1.165, 1.54) is 17.8 Å². The molecule has 0 spiro atoms. The molecule has 1 atom stereocenters. The first-order chi connectivity index (χ1) is 10.2. The maximum atomic E-state index is 5.70. The van der Waals surface area contributed by atoms with Crippen LogP contribution in [0.1, 0.15) is 31.2 Å². The van der Waals surface area contributed by atoms with Crippen molar-refractivity contribution in [2.45, 2.75) is 39.2 Å². The summed E-state index contributed by atoms with van der Waals surface area (Å²) in [5, 5.41) is 8.59. The summed E-state index contributed by atoms with van der Waals surface area (Å²) >= 11 is 0. The molecule has 0 bridgehead atoms. The van der Waals surface area contributed by atoms with Gasteiger partial charge >= 0.3 is 0 Å². The first-order valence-electron chi connectivity index (χ1n) is 7.62. The molecule has 1 aromatic heterocycles. The van der Waals surface area contributed by atoms with E-state index in [0.29, 0.717) is 6.61 Å². The van der Waals surface area contributed by atoms with Crippen LogP contribution in [0.4, 0.5) is 5.69 Å². The molecule has 112 valence electrons. The van der Waals surface area contributed by atoms with E-state index in [1.54, 1.807) is 0 Å². The van der Waals surface area contributed by atoms with Crippen molar-refractivity contribution in [3.05, 3.63) is 35.7 Å². The molecule has 0 amide bonds. The molecule has 0 saturated carbocycles. The molecule has 1 aliphatic rings. The van der Waals surface area contributed by atoms with Gasteiger partial charge < -0.3 is 10.5 Å². The minimum absolute atomic E-state index is 0.676. The molecule has 21 heavy (non-hydrogen) atoms. The van der Waals surface area contributed by atoms with E-state index in [0.717, 1.165) is 43.2 Å². The summed E-state index contributed by atoms with van der Waals surface area (Å²) in [5.74, 6) is 1.59. The lowest BCUT2D eigenvalue weighted by Crippen LogP contribution is -2.15. The Kier molecular flexibility index (Phi) is 4.08. The van der Waals surface area contributed by atoms with Crippen molar-refractivity contribution in [3.63, 3.8) is 0 Å². The van der Waals surface area contributed by atoms with Crippen LogP contribution in [0.3, 0.4) is 0 Å². The van der Waals surface area contributed by atoms with Gasteiger partial charge in [0.05, 0.1) is 18.0 Å². The second kappa shape index (κ2) is 6.16. The topological polar surface area (TPSA) is 66.0 Å². The molecule has 0 saturated heterocycles. The van der Waals surface area contributed by atoms with Crippen LogP contribution < -0.4 is 10.5 Å². The van der Waals surface area contributed by atoms with Gasteiger partial charge in [0.15, 0.2) is 0 Å². The smallest absolute Gasteiger partial charge is 0.119 e. The van der Waals surface area contributed by atoms with Gasteiger partial charge in [-0.15, -0.1) is 5.10 Å². The van der Waals surface area contributed by atoms with Crippen LogP contribution in [0.15, 0.2) is 24.3 Å². The predicted molar refractivity (Wildman–Crippen MR) is 82.2 cm³/mol. The number of nitrogen functional groups attached to an aromatic ring is 1.